The van der Waals surface area contributed by atoms with E-state index in [1.165, 1.54) is 5.56 Å². The zero-order valence-electron chi connectivity index (χ0n) is 14.6. The topological polar surface area (TPSA) is 41.4 Å². The Labute approximate surface area is 161 Å². The summed E-state index contributed by atoms with van der Waals surface area (Å²) in [7, 11) is 0. The summed E-state index contributed by atoms with van der Waals surface area (Å²) in [4.78, 5) is 18.3. The lowest BCUT2D eigenvalue weighted by atomic mass is 10.3. The molecule has 136 valence electrons. The number of thiophene rings is 2. The molecule has 0 N–H and O–H groups in total. The van der Waals surface area contributed by atoms with Crippen LogP contribution in [0, 0.1) is 0 Å². The second-order valence-electron chi connectivity index (χ2n) is 6.52. The first kappa shape index (κ1) is 17.5. The molecule has 0 saturated carbocycles. The van der Waals surface area contributed by atoms with Crippen molar-refractivity contribution < 1.29 is 4.79 Å². The third kappa shape index (κ3) is 4.23. The van der Waals surface area contributed by atoms with Crippen molar-refractivity contribution in [2.75, 3.05) is 26.2 Å². The highest BCUT2D eigenvalue weighted by Crippen LogP contribution is 2.22. The number of nitrogens with zero attached hydrogens (tertiary/aromatic N) is 4. The lowest BCUT2D eigenvalue weighted by Gasteiger charge is -2.21. The average molecular weight is 387 g/mol. The van der Waals surface area contributed by atoms with Crippen molar-refractivity contribution in [1.82, 2.24) is 19.6 Å². The van der Waals surface area contributed by atoms with Gasteiger partial charge in [0.05, 0.1) is 4.88 Å². The van der Waals surface area contributed by atoms with E-state index < -0.39 is 0 Å². The van der Waals surface area contributed by atoms with Gasteiger partial charge in [-0.25, -0.2) is 0 Å². The minimum absolute atomic E-state index is 0.156. The molecule has 5 nitrogen and oxygen atoms in total. The van der Waals surface area contributed by atoms with Crippen LogP contribution in [-0.4, -0.2) is 51.7 Å². The molecule has 4 heterocycles. The number of carbonyl (C=O) groups is 1. The van der Waals surface area contributed by atoms with E-state index in [2.05, 4.69) is 32.9 Å². The summed E-state index contributed by atoms with van der Waals surface area (Å²) >= 11 is 3.41. The molecular weight excluding hydrogens is 364 g/mol. The second-order valence-corrected chi connectivity index (χ2v) is 8.25. The summed E-state index contributed by atoms with van der Waals surface area (Å²) in [6.45, 7) is 4.90. The quantitative estimate of drug-likeness (QED) is 0.675. The average Bonchev–Trinajstić information content (AvgIpc) is 3.37. The van der Waals surface area contributed by atoms with Crippen LogP contribution in [0.1, 0.15) is 12.0 Å². The molecular formula is C19H22N4OS2. The summed E-state index contributed by atoms with van der Waals surface area (Å²) in [5.74, 6) is 0.156. The molecule has 0 aliphatic carbocycles. The Morgan fingerprint density at radius 3 is 2.88 bits per heavy atom. The van der Waals surface area contributed by atoms with E-state index >= 15 is 0 Å². The first-order valence-corrected chi connectivity index (χ1v) is 10.7. The Balaban J connectivity index is 1.32. The molecule has 26 heavy (non-hydrogen) atoms. The van der Waals surface area contributed by atoms with Gasteiger partial charge in [0.25, 0.3) is 0 Å². The van der Waals surface area contributed by atoms with Gasteiger partial charge >= 0.3 is 0 Å². The summed E-state index contributed by atoms with van der Waals surface area (Å²) in [6.07, 6.45) is 2.92. The number of carbonyl (C=O) groups excluding carboxylic acids is 1. The van der Waals surface area contributed by atoms with Gasteiger partial charge in [-0.05, 0) is 46.3 Å². The first-order valence-electron chi connectivity index (χ1n) is 8.86. The Hall–Kier alpha value is -1.96. The monoisotopic (exact) mass is 386 g/mol. The smallest absolute Gasteiger partial charge is 0.244 e. The molecule has 3 aromatic heterocycles. The molecule has 0 spiro atoms. The van der Waals surface area contributed by atoms with Crippen LogP contribution in [0.2, 0.25) is 0 Å². The number of hydrogen-bond donors (Lipinski definition) is 0. The highest BCUT2D eigenvalue weighted by atomic mass is 32.1. The van der Waals surface area contributed by atoms with Crippen molar-refractivity contribution in [3.8, 4) is 10.6 Å². The van der Waals surface area contributed by atoms with Gasteiger partial charge in [0.1, 0.15) is 12.2 Å². The first-order chi connectivity index (χ1) is 12.8. The van der Waals surface area contributed by atoms with Crippen LogP contribution in [0.25, 0.3) is 10.6 Å². The van der Waals surface area contributed by atoms with Crippen LogP contribution in [0.3, 0.4) is 0 Å². The molecule has 0 unspecified atom stereocenters. The lowest BCUT2D eigenvalue weighted by Crippen LogP contribution is -2.37. The van der Waals surface area contributed by atoms with Gasteiger partial charge < -0.3 is 4.90 Å². The fourth-order valence-corrected chi connectivity index (χ4v) is 4.61. The summed E-state index contributed by atoms with van der Waals surface area (Å²) in [5, 5.41) is 10.9. The van der Waals surface area contributed by atoms with E-state index in [1.807, 2.05) is 28.6 Å². The van der Waals surface area contributed by atoms with Crippen LogP contribution < -0.4 is 0 Å². The van der Waals surface area contributed by atoms with Gasteiger partial charge in [0, 0.05) is 38.9 Å². The van der Waals surface area contributed by atoms with Crippen LogP contribution in [0.15, 0.2) is 46.6 Å². The molecule has 1 amide bonds. The second kappa shape index (κ2) is 8.16. The number of rotatable bonds is 5. The molecule has 1 aliphatic heterocycles. The van der Waals surface area contributed by atoms with Crippen LogP contribution >= 0.6 is 22.7 Å². The molecule has 0 aromatic carbocycles. The van der Waals surface area contributed by atoms with E-state index in [9.17, 15) is 4.79 Å². The predicted molar refractivity (Wildman–Crippen MR) is 106 cm³/mol. The maximum absolute atomic E-state index is 12.7. The highest BCUT2D eigenvalue weighted by molar-refractivity contribution is 7.13. The number of amides is 1. The van der Waals surface area contributed by atoms with E-state index in [4.69, 9.17) is 0 Å². The van der Waals surface area contributed by atoms with E-state index in [-0.39, 0.29) is 5.91 Å². The van der Waals surface area contributed by atoms with Crippen LogP contribution in [0.5, 0.6) is 0 Å². The minimum Gasteiger partial charge on any atom is -0.340 e. The molecule has 4 rings (SSSR count). The van der Waals surface area contributed by atoms with Crippen molar-refractivity contribution >= 4 is 28.6 Å². The molecule has 0 radical (unpaired) electrons. The largest absolute Gasteiger partial charge is 0.340 e. The fraction of sp³-hybridized carbons (Fsp3) is 0.368. The Morgan fingerprint density at radius 1 is 1.12 bits per heavy atom. The predicted octanol–water partition coefficient (Wildman–Crippen LogP) is 3.41. The maximum atomic E-state index is 12.7. The van der Waals surface area contributed by atoms with Gasteiger partial charge in [-0.3, -0.25) is 14.4 Å². The lowest BCUT2D eigenvalue weighted by molar-refractivity contribution is -0.131. The van der Waals surface area contributed by atoms with Gasteiger partial charge in [0.2, 0.25) is 5.91 Å². The summed E-state index contributed by atoms with van der Waals surface area (Å²) in [6, 6.07) is 8.23. The van der Waals surface area contributed by atoms with Crippen molar-refractivity contribution in [3.63, 3.8) is 0 Å². The van der Waals surface area contributed by atoms with Gasteiger partial charge in [-0.15, -0.1) is 11.3 Å². The maximum Gasteiger partial charge on any atom is 0.244 e. The third-order valence-corrected chi connectivity index (χ3v) is 6.26. The molecule has 7 heteroatoms. The van der Waals surface area contributed by atoms with Crippen molar-refractivity contribution in [2.24, 2.45) is 0 Å². The number of aromatic nitrogens is 2. The minimum atomic E-state index is 0.156. The van der Waals surface area contributed by atoms with Crippen LogP contribution in [-0.2, 0) is 17.9 Å². The molecule has 0 bridgehead atoms. The zero-order valence-corrected chi connectivity index (χ0v) is 16.2. The standard InChI is InChI=1S/C19H22N4OS2/c24-19(14-23-8-4-17(20-23)18-3-1-11-26-18)22-7-2-6-21(9-10-22)13-16-5-12-25-15-16/h1,3-5,8,11-12,15H,2,6-7,9-10,13-14H2. The molecule has 1 saturated heterocycles. The van der Waals surface area contributed by atoms with Gasteiger partial charge in [0.15, 0.2) is 0 Å². The highest BCUT2D eigenvalue weighted by Gasteiger charge is 2.20. The van der Waals surface area contributed by atoms with Gasteiger partial charge in [-0.2, -0.15) is 16.4 Å². The third-order valence-electron chi connectivity index (χ3n) is 4.64. The molecule has 0 atom stereocenters. The van der Waals surface area contributed by atoms with Crippen molar-refractivity contribution in [3.05, 3.63) is 52.2 Å². The van der Waals surface area contributed by atoms with E-state index in [0.717, 1.165) is 49.7 Å². The van der Waals surface area contributed by atoms with Crippen LogP contribution in [0.4, 0.5) is 0 Å². The Kier molecular flexibility index (Phi) is 5.48. The van der Waals surface area contributed by atoms with Crippen molar-refractivity contribution in [2.45, 2.75) is 19.5 Å². The summed E-state index contributed by atoms with van der Waals surface area (Å²) in [5.41, 5.74) is 2.30. The van der Waals surface area contributed by atoms with Crippen molar-refractivity contribution in [1.29, 1.82) is 0 Å². The Bertz CT molecular complexity index is 826. The zero-order chi connectivity index (χ0) is 17.8. The molecule has 1 aliphatic rings. The Morgan fingerprint density at radius 2 is 2.08 bits per heavy atom. The molecule has 3 aromatic rings. The number of hydrogen-bond acceptors (Lipinski definition) is 5. The summed E-state index contributed by atoms with van der Waals surface area (Å²) < 4.78 is 1.76. The normalized spacial score (nSPS) is 15.9. The fourth-order valence-electron chi connectivity index (χ4n) is 3.26. The van der Waals surface area contributed by atoms with E-state index in [1.54, 1.807) is 27.4 Å². The molecule has 1 fully saturated rings. The van der Waals surface area contributed by atoms with Gasteiger partial charge in [-0.1, -0.05) is 6.07 Å². The van der Waals surface area contributed by atoms with E-state index in [0.29, 0.717) is 6.54 Å². The SMILES string of the molecule is O=C(Cn1ccc(-c2cccs2)n1)N1CCCN(Cc2ccsc2)CC1.